The average molecular weight is 465 g/mol. The Balaban J connectivity index is 1.46. The van der Waals surface area contributed by atoms with E-state index in [4.69, 9.17) is 21.6 Å². The largest absolute Gasteiger partial charge is 0.358 e. The van der Waals surface area contributed by atoms with E-state index in [1.807, 2.05) is 42.5 Å². The van der Waals surface area contributed by atoms with Crippen molar-refractivity contribution in [2.45, 2.75) is 39.1 Å². The smallest absolute Gasteiger partial charge is 0.244 e. The summed E-state index contributed by atoms with van der Waals surface area (Å²) < 4.78 is 0. The molecule has 1 amide bonds. The predicted octanol–water partition coefficient (Wildman–Crippen LogP) is 3.49. The number of aromatic nitrogens is 2. The van der Waals surface area contributed by atoms with E-state index in [1.54, 1.807) is 0 Å². The number of nitrogens with one attached hydrogen (secondary N) is 2. The normalized spacial score (nSPS) is 22.0. The number of hydrogen-bond donors (Lipinski definition) is 2. The standard InChI is InChI=1S/C25H29ClN6O/c1-16(2)23-25(33)29-22-15-31(13-17-7-3-5-9-19(17)26)11-12-32(22)14-21-27-20-10-6-4-8-18(20)24(28-21)30-23/h3-10,16,22-23H,11-15H2,1-2H3,(H,29,33)(H,27,28,30). The predicted molar refractivity (Wildman–Crippen MR) is 131 cm³/mol. The molecule has 2 bridgehead atoms. The number of nitrogens with zero attached hydrogens (tertiary/aromatic N) is 4. The fraction of sp³-hybridized carbons (Fsp3) is 0.400. The first-order chi connectivity index (χ1) is 16.0. The number of rotatable bonds is 3. The second-order valence-electron chi connectivity index (χ2n) is 9.19. The quantitative estimate of drug-likeness (QED) is 0.618. The molecule has 8 heteroatoms. The second kappa shape index (κ2) is 9.25. The first-order valence-electron chi connectivity index (χ1n) is 11.5. The van der Waals surface area contributed by atoms with Gasteiger partial charge in [-0.25, -0.2) is 9.97 Å². The average Bonchev–Trinajstić information content (AvgIpc) is 2.80. The first-order valence-corrected chi connectivity index (χ1v) is 11.9. The molecule has 172 valence electrons. The molecule has 5 rings (SSSR count). The van der Waals surface area contributed by atoms with E-state index >= 15 is 0 Å². The van der Waals surface area contributed by atoms with Gasteiger partial charge in [-0.05, 0) is 29.7 Å². The van der Waals surface area contributed by atoms with Gasteiger partial charge in [0.1, 0.15) is 17.7 Å². The number of carbonyl (C=O) groups excluding carboxylic acids is 1. The van der Waals surface area contributed by atoms with Crippen molar-refractivity contribution in [1.29, 1.82) is 0 Å². The molecule has 2 atom stereocenters. The van der Waals surface area contributed by atoms with E-state index in [2.05, 4.69) is 40.3 Å². The number of anilines is 1. The summed E-state index contributed by atoms with van der Waals surface area (Å²) in [5, 5.41) is 8.43. The maximum absolute atomic E-state index is 13.4. The number of hydrogen-bond acceptors (Lipinski definition) is 6. The summed E-state index contributed by atoms with van der Waals surface area (Å²) in [5.41, 5.74) is 1.99. The molecule has 2 aromatic carbocycles. The highest BCUT2D eigenvalue weighted by Crippen LogP contribution is 2.25. The van der Waals surface area contributed by atoms with Gasteiger partial charge in [-0.1, -0.05) is 55.8 Å². The third-order valence-corrected chi connectivity index (χ3v) is 6.84. The first kappa shape index (κ1) is 22.1. The van der Waals surface area contributed by atoms with Crippen molar-refractivity contribution in [3.8, 4) is 0 Å². The Morgan fingerprint density at radius 3 is 2.67 bits per heavy atom. The molecule has 3 heterocycles. The lowest BCUT2D eigenvalue weighted by atomic mass is 10.0. The highest BCUT2D eigenvalue weighted by Gasteiger charge is 2.33. The van der Waals surface area contributed by atoms with Crippen LogP contribution in [0.25, 0.3) is 10.9 Å². The number of fused-ring (bicyclic) bond motifs is 5. The number of para-hydroxylation sites is 1. The molecule has 0 radical (unpaired) electrons. The van der Waals surface area contributed by atoms with Crippen LogP contribution in [-0.4, -0.2) is 57.5 Å². The van der Waals surface area contributed by atoms with Gasteiger partial charge in [-0.15, -0.1) is 0 Å². The molecule has 2 aliphatic heterocycles. The van der Waals surface area contributed by atoms with Crippen molar-refractivity contribution in [3.05, 3.63) is 64.9 Å². The molecule has 0 saturated carbocycles. The van der Waals surface area contributed by atoms with Gasteiger partial charge in [0.25, 0.3) is 0 Å². The zero-order chi connectivity index (χ0) is 22.9. The van der Waals surface area contributed by atoms with Crippen molar-refractivity contribution in [3.63, 3.8) is 0 Å². The zero-order valence-corrected chi connectivity index (χ0v) is 19.7. The van der Waals surface area contributed by atoms with Gasteiger partial charge in [0, 0.05) is 36.6 Å². The maximum atomic E-state index is 13.4. The Labute approximate surface area is 199 Å². The number of carbonyl (C=O) groups is 1. The Bertz CT molecular complexity index is 1170. The zero-order valence-electron chi connectivity index (χ0n) is 19.0. The number of halogens is 1. The van der Waals surface area contributed by atoms with E-state index in [-0.39, 0.29) is 18.0 Å². The Hall–Kier alpha value is -2.74. The van der Waals surface area contributed by atoms with Crippen LogP contribution in [0, 0.1) is 5.92 Å². The summed E-state index contributed by atoms with van der Waals surface area (Å²) in [7, 11) is 0. The van der Waals surface area contributed by atoms with Crippen LogP contribution in [0.5, 0.6) is 0 Å². The third-order valence-electron chi connectivity index (χ3n) is 6.47. The monoisotopic (exact) mass is 464 g/mol. The highest BCUT2D eigenvalue weighted by atomic mass is 35.5. The van der Waals surface area contributed by atoms with E-state index in [0.717, 1.165) is 52.8 Å². The summed E-state index contributed by atoms with van der Waals surface area (Å²) in [6.07, 6.45) is -0.131. The van der Waals surface area contributed by atoms with Crippen LogP contribution in [-0.2, 0) is 17.9 Å². The van der Waals surface area contributed by atoms with E-state index in [9.17, 15) is 4.79 Å². The summed E-state index contributed by atoms with van der Waals surface area (Å²) in [6.45, 7) is 7.83. The van der Waals surface area contributed by atoms with Crippen molar-refractivity contribution in [2.24, 2.45) is 5.92 Å². The van der Waals surface area contributed by atoms with Gasteiger partial charge in [0.2, 0.25) is 5.91 Å². The van der Waals surface area contributed by atoms with Gasteiger partial charge in [-0.2, -0.15) is 0 Å². The van der Waals surface area contributed by atoms with Crippen molar-refractivity contribution < 1.29 is 4.79 Å². The molecular weight excluding hydrogens is 436 g/mol. The highest BCUT2D eigenvalue weighted by molar-refractivity contribution is 6.31. The van der Waals surface area contributed by atoms with Gasteiger partial charge in [-0.3, -0.25) is 14.6 Å². The molecule has 0 spiro atoms. The van der Waals surface area contributed by atoms with E-state index in [0.29, 0.717) is 13.1 Å². The van der Waals surface area contributed by atoms with Crippen LogP contribution in [0.15, 0.2) is 48.5 Å². The van der Waals surface area contributed by atoms with Crippen molar-refractivity contribution in [1.82, 2.24) is 25.1 Å². The molecule has 7 nitrogen and oxygen atoms in total. The molecule has 2 aliphatic rings. The Morgan fingerprint density at radius 2 is 1.85 bits per heavy atom. The summed E-state index contributed by atoms with van der Waals surface area (Å²) in [6, 6.07) is 15.5. The topological polar surface area (TPSA) is 73.4 Å². The fourth-order valence-corrected chi connectivity index (χ4v) is 4.83. The van der Waals surface area contributed by atoms with Gasteiger partial charge >= 0.3 is 0 Å². The SMILES string of the molecule is CC(C)C1Nc2nc(nc3ccccc23)CN2CCN(Cc3ccccc3Cl)CC2NC1=O. The maximum Gasteiger partial charge on any atom is 0.244 e. The lowest BCUT2D eigenvalue weighted by Crippen LogP contribution is -2.62. The molecule has 3 aromatic rings. The van der Waals surface area contributed by atoms with Crippen molar-refractivity contribution >= 4 is 34.2 Å². The van der Waals surface area contributed by atoms with Gasteiger partial charge < -0.3 is 10.6 Å². The molecule has 2 N–H and O–H groups in total. The summed E-state index contributed by atoms with van der Waals surface area (Å²) in [4.78, 5) is 27.7. The molecule has 1 aromatic heterocycles. The fourth-order valence-electron chi connectivity index (χ4n) is 4.64. The van der Waals surface area contributed by atoms with Crippen LogP contribution in [0.2, 0.25) is 5.02 Å². The third kappa shape index (κ3) is 4.67. The molecule has 33 heavy (non-hydrogen) atoms. The summed E-state index contributed by atoms with van der Waals surface area (Å²) >= 11 is 6.40. The number of piperazine rings is 1. The van der Waals surface area contributed by atoms with Crippen LogP contribution in [0.4, 0.5) is 5.82 Å². The van der Waals surface area contributed by atoms with Gasteiger partial charge in [0.05, 0.1) is 18.2 Å². The molecule has 1 saturated heterocycles. The lowest BCUT2D eigenvalue weighted by molar-refractivity contribution is -0.125. The van der Waals surface area contributed by atoms with Gasteiger partial charge in [0.15, 0.2) is 0 Å². The van der Waals surface area contributed by atoms with Crippen molar-refractivity contribution in [2.75, 3.05) is 25.0 Å². The number of amides is 1. The Morgan fingerprint density at radius 1 is 1.06 bits per heavy atom. The minimum absolute atomic E-state index is 0.00858. The Kier molecular flexibility index (Phi) is 6.19. The minimum atomic E-state index is -0.393. The molecule has 1 fully saturated rings. The van der Waals surface area contributed by atoms with E-state index < -0.39 is 6.04 Å². The van der Waals surface area contributed by atoms with Crippen LogP contribution < -0.4 is 10.6 Å². The van der Waals surface area contributed by atoms with E-state index in [1.165, 1.54) is 0 Å². The van der Waals surface area contributed by atoms with Crippen LogP contribution in [0.1, 0.15) is 25.2 Å². The van der Waals surface area contributed by atoms with Crippen LogP contribution >= 0.6 is 11.6 Å². The molecule has 2 unspecified atom stereocenters. The summed E-state index contributed by atoms with van der Waals surface area (Å²) in [5.74, 6) is 1.57. The number of benzene rings is 2. The molecule has 0 aliphatic carbocycles. The minimum Gasteiger partial charge on any atom is -0.358 e. The van der Waals surface area contributed by atoms with Crippen LogP contribution in [0.3, 0.4) is 0 Å². The molecular formula is C25H29ClN6O. The second-order valence-corrected chi connectivity index (χ2v) is 9.60. The lowest BCUT2D eigenvalue weighted by Gasteiger charge is -2.42.